The molecule has 1 aromatic carbocycles. The summed E-state index contributed by atoms with van der Waals surface area (Å²) in [6.45, 7) is -0.228. The lowest BCUT2D eigenvalue weighted by atomic mass is 9.82. The predicted molar refractivity (Wildman–Crippen MR) is 101 cm³/mol. The molecule has 0 saturated carbocycles. The summed E-state index contributed by atoms with van der Waals surface area (Å²) >= 11 is 22.6. The number of carbonyl (C=O) groups is 2. The van der Waals surface area contributed by atoms with Gasteiger partial charge in [0.05, 0.1) is 16.9 Å². The average molecular weight is 423 g/mol. The molecule has 1 N–H and O–H groups in total. The van der Waals surface area contributed by atoms with Crippen molar-refractivity contribution in [3.05, 3.63) is 51.0 Å². The molecule has 0 bridgehead atoms. The second-order valence-electron chi connectivity index (χ2n) is 5.42. The SMILES string of the molecule is O=C(OCC(Cl)=C(Cl)Cl)[C@H]1CC=CC[C@H]1C(=O)Nc1ccc(Cl)cc1. The van der Waals surface area contributed by atoms with Gasteiger partial charge in [0.15, 0.2) is 0 Å². The molecular weight excluding hydrogens is 408 g/mol. The fourth-order valence-corrected chi connectivity index (χ4v) is 2.72. The summed E-state index contributed by atoms with van der Waals surface area (Å²) in [5, 5.41) is 3.39. The summed E-state index contributed by atoms with van der Waals surface area (Å²) in [4.78, 5) is 24.9. The Hall–Kier alpha value is -1.20. The topological polar surface area (TPSA) is 55.4 Å². The summed E-state index contributed by atoms with van der Waals surface area (Å²) in [5.41, 5.74) is 0.607. The Morgan fingerprint density at radius 1 is 1.04 bits per heavy atom. The van der Waals surface area contributed by atoms with Crippen LogP contribution in [0.2, 0.25) is 5.02 Å². The van der Waals surface area contributed by atoms with Crippen molar-refractivity contribution in [2.75, 3.05) is 11.9 Å². The molecule has 8 heteroatoms. The first kappa shape index (κ1) is 20.1. The van der Waals surface area contributed by atoms with E-state index < -0.39 is 17.8 Å². The van der Waals surface area contributed by atoms with Gasteiger partial charge in [-0.25, -0.2) is 0 Å². The van der Waals surface area contributed by atoms with Crippen molar-refractivity contribution >= 4 is 64.0 Å². The number of halogens is 4. The summed E-state index contributed by atoms with van der Waals surface area (Å²) in [6.07, 6.45) is 4.58. The minimum atomic E-state index is -0.601. The van der Waals surface area contributed by atoms with E-state index in [2.05, 4.69) is 5.32 Å². The second-order valence-corrected chi connectivity index (χ2v) is 7.27. The number of benzene rings is 1. The van der Waals surface area contributed by atoms with E-state index in [1.54, 1.807) is 24.3 Å². The van der Waals surface area contributed by atoms with Crippen LogP contribution in [0.25, 0.3) is 0 Å². The number of amides is 1. The first-order valence-corrected chi connectivity index (χ1v) is 8.97. The molecule has 2 atom stereocenters. The van der Waals surface area contributed by atoms with Crippen LogP contribution in [0.5, 0.6) is 0 Å². The molecule has 2 rings (SSSR count). The van der Waals surface area contributed by atoms with Crippen molar-refractivity contribution in [1.82, 2.24) is 0 Å². The maximum atomic E-state index is 12.6. The highest BCUT2D eigenvalue weighted by Crippen LogP contribution is 2.29. The van der Waals surface area contributed by atoms with Crippen LogP contribution >= 0.6 is 46.4 Å². The summed E-state index contributed by atoms with van der Waals surface area (Å²) in [5.74, 6) is -1.92. The number of nitrogens with one attached hydrogen (secondary N) is 1. The highest BCUT2D eigenvalue weighted by molar-refractivity contribution is 6.59. The van der Waals surface area contributed by atoms with Gasteiger partial charge in [-0.2, -0.15) is 0 Å². The van der Waals surface area contributed by atoms with E-state index in [0.717, 1.165) is 0 Å². The third-order valence-corrected chi connectivity index (χ3v) is 4.93. The van der Waals surface area contributed by atoms with Crippen LogP contribution in [-0.2, 0) is 14.3 Å². The van der Waals surface area contributed by atoms with Gasteiger partial charge in [-0.3, -0.25) is 9.59 Å². The molecule has 1 aromatic rings. The molecule has 0 heterocycles. The molecule has 1 aliphatic rings. The van der Waals surface area contributed by atoms with E-state index in [0.29, 0.717) is 23.6 Å². The van der Waals surface area contributed by atoms with Crippen molar-refractivity contribution in [3.8, 4) is 0 Å². The third-order valence-electron chi connectivity index (χ3n) is 3.73. The summed E-state index contributed by atoms with van der Waals surface area (Å²) in [7, 11) is 0. The molecule has 1 amide bonds. The number of anilines is 1. The van der Waals surface area contributed by atoms with Gasteiger partial charge >= 0.3 is 5.97 Å². The largest absolute Gasteiger partial charge is 0.460 e. The highest BCUT2D eigenvalue weighted by atomic mass is 35.5. The number of carbonyl (C=O) groups excluding carboxylic acids is 2. The Kier molecular flexibility index (Phi) is 7.63. The van der Waals surface area contributed by atoms with Gasteiger partial charge in [-0.15, -0.1) is 0 Å². The number of allylic oxidation sites excluding steroid dienone is 2. The zero-order chi connectivity index (χ0) is 18.4. The van der Waals surface area contributed by atoms with E-state index in [1.165, 1.54) is 0 Å². The molecule has 0 aliphatic heterocycles. The lowest BCUT2D eigenvalue weighted by molar-refractivity contribution is -0.151. The standard InChI is InChI=1S/C17H15Cl4NO3/c18-10-5-7-11(8-6-10)22-16(23)12-3-1-2-4-13(12)17(24)25-9-14(19)15(20)21/h1-2,5-8,12-13H,3-4,9H2,(H,22,23)/t12-,13+/m1/s1. The van der Waals surface area contributed by atoms with E-state index in [9.17, 15) is 9.59 Å². The van der Waals surface area contributed by atoms with Crippen LogP contribution < -0.4 is 5.32 Å². The van der Waals surface area contributed by atoms with Gasteiger partial charge in [0.2, 0.25) is 5.91 Å². The molecule has 4 nitrogen and oxygen atoms in total. The molecule has 25 heavy (non-hydrogen) atoms. The van der Waals surface area contributed by atoms with Crippen LogP contribution in [0.4, 0.5) is 5.69 Å². The Morgan fingerprint density at radius 3 is 2.24 bits per heavy atom. The van der Waals surface area contributed by atoms with Gasteiger partial charge in [0, 0.05) is 10.7 Å². The van der Waals surface area contributed by atoms with E-state index in [1.807, 2.05) is 12.2 Å². The molecule has 0 fully saturated rings. The first-order chi connectivity index (χ1) is 11.9. The van der Waals surface area contributed by atoms with Crippen molar-refractivity contribution < 1.29 is 14.3 Å². The van der Waals surface area contributed by atoms with Gasteiger partial charge in [0.1, 0.15) is 11.1 Å². The van der Waals surface area contributed by atoms with Crippen LogP contribution in [-0.4, -0.2) is 18.5 Å². The Morgan fingerprint density at radius 2 is 1.64 bits per heavy atom. The molecule has 0 unspecified atom stereocenters. The zero-order valence-electron chi connectivity index (χ0n) is 13.0. The van der Waals surface area contributed by atoms with E-state index >= 15 is 0 Å². The summed E-state index contributed by atoms with van der Waals surface area (Å²) < 4.78 is 4.96. The minimum Gasteiger partial charge on any atom is -0.460 e. The Balaban J connectivity index is 2.03. The number of hydrogen-bond donors (Lipinski definition) is 1. The van der Waals surface area contributed by atoms with Crippen molar-refractivity contribution in [1.29, 1.82) is 0 Å². The maximum Gasteiger partial charge on any atom is 0.310 e. The smallest absolute Gasteiger partial charge is 0.310 e. The molecule has 1 aliphatic carbocycles. The lowest BCUT2D eigenvalue weighted by Crippen LogP contribution is -2.36. The number of ether oxygens (including phenoxy) is 1. The Labute approximate surface area is 165 Å². The predicted octanol–water partition coefficient (Wildman–Crippen LogP) is 5.29. The third kappa shape index (κ3) is 5.93. The average Bonchev–Trinajstić information content (AvgIpc) is 2.61. The van der Waals surface area contributed by atoms with Crippen molar-refractivity contribution in [3.63, 3.8) is 0 Å². The second kappa shape index (κ2) is 9.48. The van der Waals surface area contributed by atoms with E-state index in [4.69, 9.17) is 51.1 Å². The fourth-order valence-electron chi connectivity index (χ4n) is 2.43. The first-order valence-electron chi connectivity index (χ1n) is 7.46. The maximum absolute atomic E-state index is 12.6. The number of esters is 1. The number of hydrogen-bond acceptors (Lipinski definition) is 3. The quantitative estimate of drug-likeness (QED) is 0.518. The lowest BCUT2D eigenvalue weighted by Gasteiger charge is -2.26. The number of rotatable bonds is 5. The van der Waals surface area contributed by atoms with Gasteiger partial charge in [0.25, 0.3) is 0 Å². The summed E-state index contributed by atoms with van der Waals surface area (Å²) in [6, 6.07) is 6.74. The normalized spacial score (nSPS) is 19.2. The Bertz CT molecular complexity index is 696. The minimum absolute atomic E-state index is 0.0326. The van der Waals surface area contributed by atoms with Gasteiger partial charge in [-0.05, 0) is 37.1 Å². The van der Waals surface area contributed by atoms with Crippen molar-refractivity contribution in [2.24, 2.45) is 11.8 Å². The van der Waals surface area contributed by atoms with Gasteiger partial charge < -0.3 is 10.1 Å². The monoisotopic (exact) mass is 421 g/mol. The molecule has 0 aromatic heterocycles. The molecule has 0 saturated heterocycles. The molecule has 0 spiro atoms. The fraction of sp³-hybridized carbons (Fsp3) is 0.294. The molecule has 0 radical (unpaired) electrons. The molecular formula is C17H15Cl4NO3. The molecule has 134 valence electrons. The van der Waals surface area contributed by atoms with Crippen LogP contribution in [0.1, 0.15) is 12.8 Å². The van der Waals surface area contributed by atoms with Crippen LogP contribution in [0.15, 0.2) is 45.9 Å². The van der Waals surface area contributed by atoms with E-state index in [-0.39, 0.29) is 22.0 Å². The van der Waals surface area contributed by atoms with Crippen LogP contribution in [0, 0.1) is 11.8 Å². The van der Waals surface area contributed by atoms with Crippen molar-refractivity contribution in [2.45, 2.75) is 12.8 Å². The highest BCUT2D eigenvalue weighted by Gasteiger charge is 2.35. The van der Waals surface area contributed by atoms with Crippen LogP contribution in [0.3, 0.4) is 0 Å². The zero-order valence-corrected chi connectivity index (χ0v) is 16.0. The van der Waals surface area contributed by atoms with Gasteiger partial charge in [-0.1, -0.05) is 58.6 Å².